The molecule has 2 N–H and O–H groups in total. The minimum Gasteiger partial charge on any atom is -0.394 e. The summed E-state index contributed by atoms with van der Waals surface area (Å²) in [7, 11) is 0. The lowest BCUT2D eigenvalue weighted by atomic mass is 10.1. The number of rotatable bonds is 5. The Kier molecular flexibility index (Phi) is 4.71. The summed E-state index contributed by atoms with van der Waals surface area (Å²) in [5.74, 6) is 0.662. The fourth-order valence-electron chi connectivity index (χ4n) is 1.83. The van der Waals surface area contributed by atoms with Crippen LogP contribution in [0.25, 0.3) is 0 Å². The van der Waals surface area contributed by atoms with Gasteiger partial charge >= 0.3 is 0 Å². The third-order valence-electron chi connectivity index (χ3n) is 2.91. The van der Waals surface area contributed by atoms with Gasteiger partial charge in [0, 0.05) is 5.56 Å². The molecule has 1 heterocycles. The van der Waals surface area contributed by atoms with Crippen molar-refractivity contribution in [2.45, 2.75) is 19.4 Å². The smallest absolute Gasteiger partial charge is 0.137 e. The van der Waals surface area contributed by atoms with Crippen LogP contribution >= 0.6 is 11.6 Å². The fraction of sp³-hybridized carbons (Fsp3) is 0.286. The van der Waals surface area contributed by atoms with Crippen LogP contribution < -0.4 is 5.32 Å². The highest BCUT2D eigenvalue weighted by atomic mass is 35.5. The zero-order valence-electron chi connectivity index (χ0n) is 10.7. The molecule has 1 unspecified atom stereocenters. The quantitative estimate of drug-likeness (QED) is 0.825. The molecule has 0 saturated carbocycles. The lowest BCUT2D eigenvalue weighted by Gasteiger charge is -2.18. The summed E-state index contributed by atoms with van der Waals surface area (Å²) in [5, 5.41) is 13.1. The molecule has 4 nitrogen and oxygen atoms in total. The molecule has 19 heavy (non-hydrogen) atoms. The second-order valence-electron chi connectivity index (χ2n) is 4.35. The van der Waals surface area contributed by atoms with Gasteiger partial charge in [0.05, 0.1) is 12.6 Å². The summed E-state index contributed by atoms with van der Waals surface area (Å²) in [6.07, 6.45) is 2.13. The highest BCUT2D eigenvalue weighted by Gasteiger charge is 2.12. The molecule has 0 amide bonds. The van der Waals surface area contributed by atoms with Gasteiger partial charge in [-0.05, 0) is 18.9 Å². The molecule has 0 fully saturated rings. The predicted octanol–water partition coefficient (Wildman–Crippen LogP) is 2.45. The number of nitrogens with one attached hydrogen (secondary N) is 1. The van der Waals surface area contributed by atoms with Gasteiger partial charge in [-0.3, -0.25) is 0 Å². The van der Waals surface area contributed by atoms with Crippen LogP contribution in [0.3, 0.4) is 0 Å². The highest BCUT2D eigenvalue weighted by Crippen LogP contribution is 2.19. The van der Waals surface area contributed by atoms with Crippen LogP contribution in [0, 0.1) is 6.92 Å². The van der Waals surface area contributed by atoms with Crippen LogP contribution in [-0.4, -0.2) is 27.7 Å². The number of halogens is 1. The summed E-state index contributed by atoms with van der Waals surface area (Å²) >= 11 is 5.95. The van der Waals surface area contributed by atoms with E-state index in [9.17, 15) is 5.11 Å². The summed E-state index contributed by atoms with van der Waals surface area (Å²) in [5.41, 5.74) is 1.95. The minimum atomic E-state index is -0.105. The molecule has 0 spiro atoms. The molecule has 1 atom stereocenters. The Hall–Kier alpha value is -1.65. The third-order valence-corrected chi connectivity index (χ3v) is 3.29. The van der Waals surface area contributed by atoms with Crippen molar-refractivity contribution in [2.75, 3.05) is 11.9 Å². The maximum Gasteiger partial charge on any atom is 0.137 e. The number of anilines is 1. The Morgan fingerprint density at radius 1 is 1.26 bits per heavy atom. The summed E-state index contributed by atoms with van der Waals surface area (Å²) in [6, 6.07) is 9.90. The van der Waals surface area contributed by atoms with E-state index in [1.807, 2.05) is 37.3 Å². The van der Waals surface area contributed by atoms with E-state index in [1.165, 1.54) is 6.33 Å². The van der Waals surface area contributed by atoms with Crippen molar-refractivity contribution in [2.24, 2.45) is 0 Å². The van der Waals surface area contributed by atoms with Gasteiger partial charge in [0.1, 0.15) is 17.3 Å². The third kappa shape index (κ3) is 3.66. The SMILES string of the molecule is Cc1c(Cl)ncnc1NC(CO)Cc1ccccc1. The van der Waals surface area contributed by atoms with E-state index >= 15 is 0 Å². The van der Waals surface area contributed by atoms with Crippen molar-refractivity contribution in [1.29, 1.82) is 0 Å². The largest absolute Gasteiger partial charge is 0.394 e. The first-order valence-electron chi connectivity index (χ1n) is 6.09. The van der Waals surface area contributed by atoms with Gasteiger partial charge in [0.2, 0.25) is 0 Å². The van der Waals surface area contributed by atoms with Gasteiger partial charge in [0.25, 0.3) is 0 Å². The summed E-state index contributed by atoms with van der Waals surface area (Å²) < 4.78 is 0. The van der Waals surface area contributed by atoms with Crippen LogP contribution in [0.15, 0.2) is 36.7 Å². The lowest BCUT2D eigenvalue weighted by molar-refractivity contribution is 0.273. The van der Waals surface area contributed by atoms with Crippen molar-refractivity contribution < 1.29 is 5.11 Å². The van der Waals surface area contributed by atoms with Crippen LogP contribution in [-0.2, 0) is 6.42 Å². The average molecular weight is 278 g/mol. The van der Waals surface area contributed by atoms with Crippen LogP contribution in [0.4, 0.5) is 5.82 Å². The zero-order valence-corrected chi connectivity index (χ0v) is 11.4. The molecule has 5 heteroatoms. The Morgan fingerprint density at radius 3 is 2.68 bits per heavy atom. The van der Waals surface area contributed by atoms with Gasteiger partial charge in [-0.15, -0.1) is 0 Å². The van der Waals surface area contributed by atoms with Crippen molar-refractivity contribution in [1.82, 2.24) is 9.97 Å². The van der Waals surface area contributed by atoms with E-state index in [-0.39, 0.29) is 12.6 Å². The van der Waals surface area contributed by atoms with E-state index < -0.39 is 0 Å². The zero-order chi connectivity index (χ0) is 13.7. The van der Waals surface area contributed by atoms with Crippen molar-refractivity contribution in [3.63, 3.8) is 0 Å². The molecule has 2 rings (SSSR count). The Morgan fingerprint density at radius 2 is 2.00 bits per heavy atom. The van der Waals surface area contributed by atoms with E-state index in [0.717, 1.165) is 17.5 Å². The van der Waals surface area contributed by atoms with E-state index in [1.54, 1.807) is 0 Å². The lowest BCUT2D eigenvalue weighted by Crippen LogP contribution is -2.27. The maximum atomic E-state index is 9.47. The summed E-state index contributed by atoms with van der Waals surface area (Å²) in [6.45, 7) is 1.87. The molecular formula is C14H16ClN3O. The Bertz CT molecular complexity index is 533. The van der Waals surface area contributed by atoms with E-state index in [2.05, 4.69) is 15.3 Å². The number of hydrogen-bond donors (Lipinski definition) is 2. The van der Waals surface area contributed by atoms with Crippen LogP contribution in [0.1, 0.15) is 11.1 Å². The van der Waals surface area contributed by atoms with E-state index in [0.29, 0.717) is 11.0 Å². The second-order valence-corrected chi connectivity index (χ2v) is 4.71. The molecule has 1 aromatic heterocycles. The molecule has 100 valence electrons. The number of nitrogens with zero attached hydrogens (tertiary/aromatic N) is 2. The first kappa shape index (κ1) is 13.8. The van der Waals surface area contributed by atoms with Gasteiger partial charge < -0.3 is 10.4 Å². The van der Waals surface area contributed by atoms with Gasteiger partial charge in [0.15, 0.2) is 0 Å². The standard InChI is InChI=1S/C14H16ClN3O/c1-10-13(15)16-9-17-14(10)18-12(8-19)7-11-5-3-2-4-6-11/h2-6,9,12,19H,7-8H2,1H3,(H,16,17,18). The molecular weight excluding hydrogens is 262 g/mol. The van der Waals surface area contributed by atoms with Crippen molar-refractivity contribution in [3.05, 3.63) is 52.9 Å². The summed E-state index contributed by atoms with van der Waals surface area (Å²) in [4.78, 5) is 8.06. The number of aliphatic hydroxyl groups excluding tert-OH is 1. The van der Waals surface area contributed by atoms with Gasteiger partial charge in [-0.1, -0.05) is 41.9 Å². The van der Waals surface area contributed by atoms with E-state index in [4.69, 9.17) is 11.6 Å². The predicted molar refractivity (Wildman–Crippen MR) is 76.4 cm³/mol. The maximum absolute atomic E-state index is 9.47. The molecule has 0 aliphatic heterocycles. The topological polar surface area (TPSA) is 58.0 Å². The van der Waals surface area contributed by atoms with Gasteiger partial charge in [-0.25, -0.2) is 9.97 Å². The number of hydrogen-bond acceptors (Lipinski definition) is 4. The normalized spacial score (nSPS) is 12.2. The molecule has 0 aliphatic carbocycles. The monoisotopic (exact) mass is 277 g/mol. The van der Waals surface area contributed by atoms with Crippen LogP contribution in [0.5, 0.6) is 0 Å². The average Bonchev–Trinajstić information content (AvgIpc) is 2.44. The molecule has 1 aromatic carbocycles. The molecule has 2 aromatic rings. The Labute approximate surface area is 117 Å². The number of aromatic nitrogens is 2. The number of benzene rings is 1. The van der Waals surface area contributed by atoms with Gasteiger partial charge in [-0.2, -0.15) is 0 Å². The van der Waals surface area contributed by atoms with Crippen molar-refractivity contribution in [3.8, 4) is 0 Å². The Balaban J connectivity index is 2.09. The molecule has 0 aliphatic rings. The minimum absolute atomic E-state index is 0.0238. The molecule has 0 bridgehead atoms. The fourth-order valence-corrected chi connectivity index (χ4v) is 1.96. The highest BCUT2D eigenvalue weighted by molar-refractivity contribution is 6.30. The first-order chi connectivity index (χ1) is 9.20. The molecule has 0 radical (unpaired) electrons. The second kappa shape index (κ2) is 6.50. The first-order valence-corrected chi connectivity index (χ1v) is 6.47. The molecule has 0 saturated heterocycles. The van der Waals surface area contributed by atoms with Crippen molar-refractivity contribution >= 4 is 17.4 Å². The van der Waals surface area contributed by atoms with Crippen LogP contribution in [0.2, 0.25) is 5.15 Å². The number of aliphatic hydroxyl groups is 1.